The molecule has 112 valence electrons. The molecule has 0 saturated carbocycles. The van der Waals surface area contributed by atoms with E-state index in [0.717, 1.165) is 22.4 Å². The SMILES string of the molecule is CCc1ccc(CC(CN)(C(=O)O)c2ccccc2C)s1. The normalized spacial score (nSPS) is 13.9. The molecule has 1 atom stereocenters. The van der Waals surface area contributed by atoms with E-state index < -0.39 is 11.4 Å². The molecule has 0 saturated heterocycles. The van der Waals surface area contributed by atoms with E-state index in [2.05, 4.69) is 13.0 Å². The highest BCUT2D eigenvalue weighted by molar-refractivity contribution is 7.12. The summed E-state index contributed by atoms with van der Waals surface area (Å²) in [6.45, 7) is 4.13. The largest absolute Gasteiger partial charge is 0.481 e. The van der Waals surface area contributed by atoms with E-state index in [0.29, 0.717) is 6.42 Å². The topological polar surface area (TPSA) is 63.3 Å². The van der Waals surface area contributed by atoms with E-state index in [-0.39, 0.29) is 6.54 Å². The van der Waals surface area contributed by atoms with Gasteiger partial charge in [0.1, 0.15) is 5.41 Å². The lowest BCUT2D eigenvalue weighted by atomic mass is 9.75. The molecular weight excluding hydrogens is 282 g/mol. The minimum Gasteiger partial charge on any atom is -0.481 e. The molecule has 2 rings (SSSR count). The molecule has 0 bridgehead atoms. The molecule has 0 radical (unpaired) electrons. The van der Waals surface area contributed by atoms with Gasteiger partial charge in [-0.3, -0.25) is 4.79 Å². The fourth-order valence-electron chi connectivity index (χ4n) is 2.67. The fourth-order valence-corrected chi connectivity index (χ4v) is 3.74. The number of carbonyl (C=O) groups is 1. The summed E-state index contributed by atoms with van der Waals surface area (Å²) in [5.74, 6) is -0.856. The summed E-state index contributed by atoms with van der Waals surface area (Å²) in [6.07, 6.45) is 1.41. The standard InChI is InChI=1S/C17H21NO2S/c1-3-13-8-9-14(21-13)10-17(11-18,16(19)20)15-7-5-4-6-12(15)2/h4-9H,3,10-11,18H2,1-2H3,(H,19,20). The maximum absolute atomic E-state index is 12.0. The van der Waals surface area contributed by atoms with E-state index in [1.807, 2.05) is 37.3 Å². The highest BCUT2D eigenvalue weighted by atomic mass is 32.1. The van der Waals surface area contributed by atoms with Crippen LogP contribution in [-0.4, -0.2) is 17.6 Å². The molecule has 1 aromatic carbocycles. The minimum absolute atomic E-state index is 0.0898. The second-order valence-electron chi connectivity index (χ2n) is 5.30. The van der Waals surface area contributed by atoms with Gasteiger partial charge in [-0.2, -0.15) is 0 Å². The van der Waals surface area contributed by atoms with Crippen LogP contribution in [0.2, 0.25) is 0 Å². The van der Waals surface area contributed by atoms with Gasteiger partial charge in [-0.1, -0.05) is 31.2 Å². The van der Waals surface area contributed by atoms with Gasteiger partial charge in [-0.15, -0.1) is 11.3 Å². The van der Waals surface area contributed by atoms with Crippen LogP contribution >= 0.6 is 11.3 Å². The molecule has 0 aliphatic carbocycles. The van der Waals surface area contributed by atoms with Crippen molar-refractivity contribution in [3.8, 4) is 0 Å². The first kappa shape index (κ1) is 15.7. The first-order valence-corrected chi connectivity index (χ1v) is 7.92. The van der Waals surface area contributed by atoms with E-state index in [9.17, 15) is 9.90 Å². The maximum Gasteiger partial charge on any atom is 0.315 e. The summed E-state index contributed by atoms with van der Waals surface area (Å²) in [6, 6.07) is 11.7. The summed E-state index contributed by atoms with van der Waals surface area (Å²) in [5, 5.41) is 9.85. The first-order chi connectivity index (χ1) is 10.0. The van der Waals surface area contributed by atoms with E-state index >= 15 is 0 Å². The molecule has 21 heavy (non-hydrogen) atoms. The second-order valence-corrected chi connectivity index (χ2v) is 6.56. The van der Waals surface area contributed by atoms with Crippen LogP contribution in [0.15, 0.2) is 36.4 Å². The van der Waals surface area contributed by atoms with Crippen molar-refractivity contribution in [2.24, 2.45) is 5.73 Å². The Bertz CT molecular complexity index is 635. The molecule has 0 fully saturated rings. The lowest BCUT2D eigenvalue weighted by Crippen LogP contribution is -2.45. The molecule has 2 aromatic rings. The third-order valence-electron chi connectivity index (χ3n) is 3.96. The van der Waals surface area contributed by atoms with Gasteiger partial charge in [-0.25, -0.2) is 0 Å². The second kappa shape index (κ2) is 6.41. The van der Waals surface area contributed by atoms with Crippen LogP contribution < -0.4 is 5.73 Å². The van der Waals surface area contributed by atoms with Crippen molar-refractivity contribution in [3.05, 3.63) is 57.3 Å². The zero-order valence-corrected chi connectivity index (χ0v) is 13.2. The Kier molecular flexibility index (Phi) is 4.80. The van der Waals surface area contributed by atoms with Crippen LogP contribution in [0.25, 0.3) is 0 Å². The number of aryl methyl sites for hydroxylation is 2. The highest BCUT2D eigenvalue weighted by Crippen LogP contribution is 2.33. The molecule has 3 N–H and O–H groups in total. The van der Waals surface area contributed by atoms with E-state index in [4.69, 9.17) is 5.73 Å². The molecule has 0 amide bonds. The van der Waals surface area contributed by atoms with Crippen molar-refractivity contribution < 1.29 is 9.90 Å². The lowest BCUT2D eigenvalue weighted by molar-refractivity contribution is -0.143. The molecule has 1 heterocycles. The van der Waals surface area contributed by atoms with Gasteiger partial charge in [0, 0.05) is 22.7 Å². The number of hydrogen-bond donors (Lipinski definition) is 2. The molecule has 0 aliphatic heterocycles. The lowest BCUT2D eigenvalue weighted by Gasteiger charge is -2.29. The maximum atomic E-state index is 12.0. The van der Waals surface area contributed by atoms with Gasteiger partial charge in [0.05, 0.1) is 0 Å². The van der Waals surface area contributed by atoms with Crippen molar-refractivity contribution in [1.29, 1.82) is 0 Å². The Balaban J connectivity index is 2.47. The number of aliphatic carboxylic acids is 1. The molecule has 0 aliphatic rings. The highest BCUT2D eigenvalue weighted by Gasteiger charge is 2.40. The summed E-state index contributed by atoms with van der Waals surface area (Å²) < 4.78 is 0. The zero-order chi connectivity index (χ0) is 15.5. The van der Waals surface area contributed by atoms with Gasteiger partial charge in [0.25, 0.3) is 0 Å². The number of carboxylic acid groups (broad SMARTS) is 1. The summed E-state index contributed by atoms with van der Waals surface area (Å²) >= 11 is 1.67. The quantitative estimate of drug-likeness (QED) is 0.861. The van der Waals surface area contributed by atoms with Crippen molar-refractivity contribution in [3.63, 3.8) is 0 Å². The summed E-state index contributed by atoms with van der Waals surface area (Å²) in [7, 11) is 0. The number of carboxylic acids is 1. The number of thiophene rings is 1. The Labute approximate surface area is 129 Å². The summed E-state index contributed by atoms with van der Waals surface area (Å²) in [4.78, 5) is 14.4. The Hall–Kier alpha value is -1.65. The number of benzene rings is 1. The smallest absolute Gasteiger partial charge is 0.315 e. The van der Waals surface area contributed by atoms with Crippen molar-refractivity contribution in [1.82, 2.24) is 0 Å². The van der Waals surface area contributed by atoms with Crippen LogP contribution in [0.1, 0.15) is 27.8 Å². The van der Waals surface area contributed by atoms with Gasteiger partial charge >= 0.3 is 5.97 Å². The van der Waals surface area contributed by atoms with Crippen molar-refractivity contribution >= 4 is 17.3 Å². The Morgan fingerprint density at radius 3 is 2.43 bits per heavy atom. The third kappa shape index (κ3) is 3.01. The molecule has 0 spiro atoms. The molecule has 1 aromatic heterocycles. The monoisotopic (exact) mass is 303 g/mol. The van der Waals surface area contributed by atoms with Gasteiger partial charge in [-0.05, 0) is 36.6 Å². The molecule has 4 heteroatoms. The van der Waals surface area contributed by atoms with Crippen LogP contribution in [0.4, 0.5) is 0 Å². The number of rotatable bonds is 6. The van der Waals surface area contributed by atoms with Gasteiger partial charge < -0.3 is 10.8 Å². The molecular formula is C17H21NO2S. The van der Waals surface area contributed by atoms with E-state index in [1.54, 1.807) is 11.3 Å². The predicted octanol–water partition coefficient (Wildman–Crippen LogP) is 3.14. The summed E-state index contributed by atoms with van der Waals surface area (Å²) in [5.41, 5.74) is 6.65. The van der Waals surface area contributed by atoms with Crippen LogP contribution in [-0.2, 0) is 23.1 Å². The molecule has 3 nitrogen and oxygen atoms in total. The van der Waals surface area contributed by atoms with Crippen LogP contribution in [0.3, 0.4) is 0 Å². The number of nitrogens with two attached hydrogens (primary N) is 1. The van der Waals surface area contributed by atoms with Gasteiger partial charge in [0.15, 0.2) is 0 Å². The van der Waals surface area contributed by atoms with Crippen LogP contribution in [0, 0.1) is 6.92 Å². The first-order valence-electron chi connectivity index (χ1n) is 7.10. The van der Waals surface area contributed by atoms with Crippen molar-refractivity contribution in [2.45, 2.75) is 32.1 Å². The van der Waals surface area contributed by atoms with Crippen LogP contribution in [0.5, 0.6) is 0 Å². The average Bonchev–Trinajstić information content (AvgIpc) is 2.93. The fraction of sp³-hybridized carbons (Fsp3) is 0.353. The third-order valence-corrected chi connectivity index (χ3v) is 5.19. The Morgan fingerprint density at radius 2 is 1.90 bits per heavy atom. The minimum atomic E-state index is -1.05. The zero-order valence-electron chi connectivity index (χ0n) is 12.4. The Morgan fingerprint density at radius 1 is 1.24 bits per heavy atom. The van der Waals surface area contributed by atoms with Gasteiger partial charge in [0.2, 0.25) is 0 Å². The average molecular weight is 303 g/mol. The molecule has 1 unspecified atom stereocenters. The number of hydrogen-bond acceptors (Lipinski definition) is 3. The van der Waals surface area contributed by atoms with Crippen molar-refractivity contribution in [2.75, 3.05) is 6.54 Å². The predicted molar refractivity (Wildman–Crippen MR) is 86.9 cm³/mol. The van der Waals surface area contributed by atoms with E-state index in [1.165, 1.54) is 4.88 Å².